The topological polar surface area (TPSA) is 47.3 Å². The van der Waals surface area contributed by atoms with Crippen molar-refractivity contribution in [3.8, 4) is 11.3 Å². The first kappa shape index (κ1) is 11.0. The lowest BCUT2D eigenvalue weighted by Gasteiger charge is -1.98. The van der Waals surface area contributed by atoms with E-state index in [2.05, 4.69) is 0 Å². The summed E-state index contributed by atoms with van der Waals surface area (Å²) >= 11 is 0. The van der Waals surface area contributed by atoms with Crippen LogP contribution in [0.25, 0.3) is 11.3 Å². The maximum absolute atomic E-state index is 11.4. The Morgan fingerprint density at radius 1 is 1.12 bits per heavy atom. The Balaban J connectivity index is 2.59. The van der Waals surface area contributed by atoms with E-state index in [0.29, 0.717) is 11.3 Å². The van der Waals surface area contributed by atoms with Gasteiger partial charge in [-0.05, 0) is 6.92 Å². The van der Waals surface area contributed by atoms with Gasteiger partial charge in [0.1, 0.15) is 16.9 Å². The Hall–Kier alpha value is -1.55. The minimum atomic E-state index is -3.21. The van der Waals surface area contributed by atoms with Gasteiger partial charge >= 0.3 is 0 Å². The first-order valence-electron chi connectivity index (χ1n) is 4.83. The van der Waals surface area contributed by atoms with Crippen molar-refractivity contribution in [3.63, 3.8) is 0 Å². The molecule has 0 unspecified atom stereocenters. The molecule has 0 amide bonds. The molecule has 1 aromatic carbocycles. The van der Waals surface area contributed by atoms with Gasteiger partial charge in [-0.2, -0.15) is 0 Å². The van der Waals surface area contributed by atoms with Crippen molar-refractivity contribution < 1.29 is 12.8 Å². The van der Waals surface area contributed by atoms with Crippen molar-refractivity contribution in [3.05, 3.63) is 42.2 Å². The van der Waals surface area contributed by atoms with E-state index in [1.54, 1.807) is 6.92 Å². The lowest BCUT2D eigenvalue weighted by molar-refractivity contribution is 0.569. The molecule has 1 aromatic heterocycles. The average molecular weight is 236 g/mol. The third-order valence-corrected chi connectivity index (χ3v) is 3.63. The normalized spacial score (nSPS) is 11.6. The Kier molecular flexibility index (Phi) is 2.59. The van der Waals surface area contributed by atoms with Gasteiger partial charge < -0.3 is 4.42 Å². The van der Waals surface area contributed by atoms with Crippen LogP contribution in [0.3, 0.4) is 0 Å². The molecule has 0 aliphatic carbocycles. The highest BCUT2D eigenvalue weighted by Crippen LogP contribution is 2.29. The predicted molar refractivity (Wildman–Crippen MR) is 62.0 cm³/mol. The summed E-state index contributed by atoms with van der Waals surface area (Å²) < 4.78 is 28.2. The molecule has 84 valence electrons. The number of hydrogen-bond acceptors (Lipinski definition) is 3. The molecular formula is C12H12O3S. The summed E-state index contributed by atoms with van der Waals surface area (Å²) in [5.74, 6) is 0.612. The highest BCUT2D eigenvalue weighted by atomic mass is 32.2. The monoisotopic (exact) mass is 236 g/mol. The van der Waals surface area contributed by atoms with Crippen LogP contribution < -0.4 is 0 Å². The number of furan rings is 1. The molecule has 0 saturated heterocycles. The fourth-order valence-corrected chi connectivity index (χ4v) is 2.51. The minimum Gasteiger partial charge on any atom is -0.463 e. The second-order valence-corrected chi connectivity index (χ2v) is 5.68. The Bertz CT molecular complexity index is 594. The van der Waals surface area contributed by atoms with E-state index in [1.807, 2.05) is 30.3 Å². The van der Waals surface area contributed by atoms with E-state index >= 15 is 0 Å². The zero-order valence-corrected chi connectivity index (χ0v) is 9.91. The smallest absolute Gasteiger partial charge is 0.178 e. The molecule has 2 rings (SSSR count). The molecule has 16 heavy (non-hydrogen) atoms. The van der Waals surface area contributed by atoms with Crippen LogP contribution in [-0.4, -0.2) is 14.7 Å². The van der Waals surface area contributed by atoms with Gasteiger partial charge in [0.2, 0.25) is 0 Å². The second kappa shape index (κ2) is 3.79. The second-order valence-electron chi connectivity index (χ2n) is 3.69. The van der Waals surface area contributed by atoms with Crippen molar-refractivity contribution >= 4 is 9.84 Å². The molecule has 0 saturated carbocycles. The van der Waals surface area contributed by atoms with E-state index in [4.69, 9.17) is 4.42 Å². The largest absolute Gasteiger partial charge is 0.463 e. The van der Waals surface area contributed by atoms with Crippen LogP contribution in [0, 0.1) is 6.92 Å². The molecule has 4 heteroatoms. The highest BCUT2D eigenvalue weighted by Gasteiger charge is 2.18. The Morgan fingerprint density at radius 2 is 1.75 bits per heavy atom. The van der Waals surface area contributed by atoms with E-state index in [1.165, 1.54) is 12.5 Å². The molecule has 0 radical (unpaired) electrons. The first-order valence-corrected chi connectivity index (χ1v) is 6.73. The molecule has 0 aliphatic rings. The molecule has 3 nitrogen and oxygen atoms in total. The molecule has 2 aromatic rings. The average Bonchev–Trinajstić information content (AvgIpc) is 2.61. The quantitative estimate of drug-likeness (QED) is 0.805. The molecule has 0 bridgehead atoms. The lowest BCUT2D eigenvalue weighted by atomic mass is 10.1. The molecule has 0 N–H and O–H groups in total. The van der Waals surface area contributed by atoms with Crippen molar-refractivity contribution in [2.45, 2.75) is 11.8 Å². The number of sulfone groups is 1. The third kappa shape index (κ3) is 1.88. The molecule has 0 fully saturated rings. The van der Waals surface area contributed by atoms with Gasteiger partial charge in [0.25, 0.3) is 0 Å². The summed E-state index contributed by atoms with van der Waals surface area (Å²) in [6, 6.07) is 9.45. The molecule has 0 aliphatic heterocycles. The zero-order valence-electron chi connectivity index (χ0n) is 9.10. The van der Waals surface area contributed by atoms with Crippen LogP contribution in [0.1, 0.15) is 5.56 Å². The van der Waals surface area contributed by atoms with Gasteiger partial charge in [-0.3, -0.25) is 0 Å². The maximum Gasteiger partial charge on any atom is 0.178 e. The maximum atomic E-state index is 11.4. The van der Waals surface area contributed by atoms with E-state index < -0.39 is 9.84 Å². The standard InChI is InChI=1S/C12H12O3S/c1-9-11(16(2,13)14)8-15-12(9)10-6-4-3-5-7-10/h3-8H,1-2H3. The van der Waals surface area contributed by atoms with Crippen LogP contribution in [0.15, 0.2) is 45.9 Å². The van der Waals surface area contributed by atoms with Crippen LogP contribution in [0.5, 0.6) is 0 Å². The van der Waals surface area contributed by atoms with Gasteiger partial charge in [-0.15, -0.1) is 0 Å². The number of hydrogen-bond donors (Lipinski definition) is 0. The van der Waals surface area contributed by atoms with Crippen molar-refractivity contribution in [2.75, 3.05) is 6.26 Å². The fraction of sp³-hybridized carbons (Fsp3) is 0.167. The van der Waals surface area contributed by atoms with Gasteiger partial charge in [0.05, 0.1) is 0 Å². The summed E-state index contributed by atoms with van der Waals surface area (Å²) in [5, 5.41) is 0. The zero-order chi connectivity index (χ0) is 11.8. The molecular weight excluding hydrogens is 224 g/mol. The van der Waals surface area contributed by atoms with Gasteiger partial charge in [-0.25, -0.2) is 8.42 Å². The fourth-order valence-electron chi connectivity index (χ4n) is 1.64. The summed E-state index contributed by atoms with van der Waals surface area (Å²) in [7, 11) is -3.21. The van der Waals surface area contributed by atoms with Gasteiger partial charge in [0.15, 0.2) is 9.84 Å². The van der Waals surface area contributed by atoms with Gasteiger partial charge in [0, 0.05) is 17.4 Å². The lowest BCUT2D eigenvalue weighted by Crippen LogP contribution is -1.96. The third-order valence-electron chi connectivity index (χ3n) is 2.43. The van der Waals surface area contributed by atoms with Crippen molar-refractivity contribution in [1.29, 1.82) is 0 Å². The predicted octanol–water partition coefficient (Wildman–Crippen LogP) is 2.66. The van der Waals surface area contributed by atoms with Crippen molar-refractivity contribution in [1.82, 2.24) is 0 Å². The Morgan fingerprint density at radius 3 is 2.25 bits per heavy atom. The summed E-state index contributed by atoms with van der Waals surface area (Å²) in [6.07, 6.45) is 2.48. The molecule has 0 atom stereocenters. The Labute approximate surface area is 94.6 Å². The highest BCUT2D eigenvalue weighted by molar-refractivity contribution is 7.90. The van der Waals surface area contributed by atoms with Gasteiger partial charge in [-0.1, -0.05) is 30.3 Å². The van der Waals surface area contributed by atoms with E-state index in [-0.39, 0.29) is 4.90 Å². The van der Waals surface area contributed by atoms with E-state index in [0.717, 1.165) is 5.56 Å². The number of rotatable bonds is 2. The van der Waals surface area contributed by atoms with Crippen LogP contribution >= 0.6 is 0 Å². The SMILES string of the molecule is Cc1c(S(C)(=O)=O)coc1-c1ccccc1. The van der Waals surface area contributed by atoms with Crippen molar-refractivity contribution in [2.24, 2.45) is 0 Å². The minimum absolute atomic E-state index is 0.256. The first-order chi connectivity index (χ1) is 7.50. The van der Waals surface area contributed by atoms with Crippen LogP contribution in [-0.2, 0) is 9.84 Å². The van der Waals surface area contributed by atoms with Crippen LogP contribution in [0.2, 0.25) is 0 Å². The summed E-state index contributed by atoms with van der Waals surface area (Å²) in [5.41, 5.74) is 1.55. The van der Waals surface area contributed by atoms with Crippen LogP contribution in [0.4, 0.5) is 0 Å². The molecule has 0 spiro atoms. The van der Waals surface area contributed by atoms with E-state index in [9.17, 15) is 8.42 Å². The summed E-state index contributed by atoms with van der Waals surface area (Å²) in [4.78, 5) is 0.256. The molecule has 1 heterocycles. The number of benzene rings is 1. The summed E-state index contributed by atoms with van der Waals surface area (Å²) in [6.45, 7) is 1.75.